The van der Waals surface area contributed by atoms with Crippen molar-refractivity contribution in [2.75, 3.05) is 6.61 Å². The lowest BCUT2D eigenvalue weighted by molar-refractivity contribution is -0.137. The summed E-state index contributed by atoms with van der Waals surface area (Å²) in [5.41, 5.74) is 2.98. The van der Waals surface area contributed by atoms with E-state index in [9.17, 15) is 4.79 Å². The Balaban J connectivity index is 1.71. The van der Waals surface area contributed by atoms with Gasteiger partial charge in [-0.1, -0.05) is 38.3 Å². The van der Waals surface area contributed by atoms with Gasteiger partial charge in [0.05, 0.1) is 18.0 Å². The van der Waals surface area contributed by atoms with Crippen LogP contribution in [0, 0.1) is 0 Å². The van der Waals surface area contributed by atoms with Crippen molar-refractivity contribution >= 4 is 17.3 Å². The van der Waals surface area contributed by atoms with Crippen LogP contribution in [0.25, 0.3) is 0 Å². The number of aryl methyl sites for hydroxylation is 1. The summed E-state index contributed by atoms with van der Waals surface area (Å²) in [6.07, 6.45) is 8.86. The molecule has 2 rings (SSSR count). The van der Waals surface area contributed by atoms with E-state index >= 15 is 0 Å². The summed E-state index contributed by atoms with van der Waals surface area (Å²) in [5.74, 6) is 0.0450. The van der Waals surface area contributed by atoms with Gasteiger partial charge in [-0.3, -0.25) is 4.79 Å². The lowest BCUT2D eigenvalue weighted by atomic mass is 10.1. The van der Waals surface area contributed by atoms with Crippen molar-refractivity contribution in [3.8, 4) is 5.75 Å². The highest BCUT2D eigenvalue weighted by Crippen LogP contribution is 2.22. The Morgan fingerprint density at radius 1 is 0.828 bits per heavy atom. The first kappa shape index (κ1) is 22.6. The Kier molecular flexibility index (Phi) is 10.5. The van der Waals surface area contributed by atoms with Gasteiger partial charge in [0.15, 0.2) is 0 Å². The molecule has 0 unspecified atom stereocenters. The van der Waals surface area contributed by atoms with E-state index in [0.717, 1.165) is 36.4 Å². The van der Waals surface area contributed by atoms with Gasteiger partial charge in [0.25, 0.3) is 0 Å². The number of nitrogens with zero attached hydrogens (tertiary/aromatic N) is 2. The van der Waals surface area contributed by atoms with Gasteiger partial charge in [-0.2, -0.15) is 10.2 Å². The molecule has 5 heteroatoms. The van der Waals surface area contributed by atoms with Crippen molar-refractivity contribution in [2.45, 2.75) is 64.7 Å². The molecule has 0 aliphatic heterocycles. The van der Waals surface area contributed by atoms with Crippen molar-refractivity contribution in [3.05, 3.63) is 54.1 Å². The number of aliphatic carboxylic acids is 1. The van der Waals surface area contributed by atoms with Gasteiger partial charge >= 0.3 is 5.97 Å². The standard InChI is InChI=1S/C24H32N2O3/c1-2-3-4-6-9-20-11-13-21(14-12-20)25-26-22-15-17-23(18-16-22)29-19-8-5-7-10-24(27)28/h11-18H,2-10,19H2,1H3,(H,27,28)/b26-25+. The Morgan fingerprint density at radius 3 is 2.07 bits per heavy atom. The van der Waals surface area contributed by atoms with Gasteiger partial charge < -0.3 is 9.84 Å². The van der Waals surface area contributed by atoms with Crippen LogP contribution in [0.4, 0.5) is 11.4 Å². The van der Waals surface area contributed by atoms with Crippen LogP contribution in [0.2, 0.25) is 0 Å². The van der Waals surface area contributed by atoms with Gasteiger partial charge in [-0.05, 0) is 74.1 Å². The SMILES string of the molecule is CCCCCCc1ccc(/N=N/c2ccc(OCCCCCC(=O)O)cc2)cc1. The number of benzene rings is 2. The average Bonchev–Trinajstić information content (AvgIpc) is 2.74. The minimum absolute atomic E-state index is 0.224. The predicted molar refractivity (Wildman–Crippen MR) is 117 cm³/mol. The van der Waals surface area contributed by atoms with Crippen LogP contribution in [0.3, 0.4) is 0 Å². The second-order valence-electron chi connectivity index (χ2n) is 7.22. The molecule has 0 aromatic heterocycles. The first-order valence-electron chi connectivity index (χ1n) is 10.6. The second-order valence-corrected chi connectivity index (χ2v) is 7.22. The highest BCUT2D eigenvalue weighted by molar-refractivity contribution is 5.66. The van der Waals surface area contributed by atoms with Gasteiger partial charge in [0, 0.05) is 6.42 Å². The Labute approximate surface area is 173 Å². The third-order valence-electron chi connectivity index (χ3n) is 4.68. The number of azo groups is 1. The number of carboxylic acids is 1. The first-order valence-corrected chi connectivity index (χ1v) is 10.6. The molecule has 156 valence electrons. The zero-order valence-electron chi connectivity index (χ0n) is 17.3. The highest BCUT2D eigenvalue weighted by Gasteiger charge is 1.99. The molecule has 0 atom stereocenters. The third kappa shape index (κ3) is 9.88. The van der Waals surface area contributed by atoms with Crippen molar-refractivity contribution < 1.29 is 14.6 Å². The van der Waals surface area contributed by atoms with Crippen LogP contribution >= 0.6 is 0 Å². The summed E-state index contributed by atoms with van der Waals surface area (Å²) in [5, 5.41) is 17.2. The molecule has 2 aromatic carbocycles. The number of rotatable bonds is 14. The molecule has 0 fully saturated rings. The maximum absolute atomic E-state index is 10.5. The van der Waals surface area contributed by atoms with E-state index in [4.69, 9.17) is 9.84 Å². The van der Waals surface area contributed by atoms with Crippen LogP contribution in [-0.2, 0) is 11.2 Å². The fraction of sp³-hybridized carbons (Fsp3) is 0.458. The molecular weight excluding hydrogens is 364 g/mol. The lowest BCUT2D eigenvalue weighted by Gasteiger charge is -2.05. The van der Waals surface area contributed by atoms with Crippen LogP contribution in [-0.4, -0.2) is 17.7 Å². The molecule has 0 aliphatic carbocycles. The molecule has 1 N–H and O–H groups in total. The van der Waals surface area contributed by atoms with Crippen LogP contribution in [0.15, 0.2) is 58.8 Å². The monoisotopic (exact) mass is 396 g/mol. The van der Waals surface area contributed by atoms with E-state index in [0.29, 0.717) is 13.0 Å². The lowest BCUT2D eigenvalue weighted by Crippen LogP contribution is -1.98. The molecule has 0 amide bonds. The molecule has 0 bridgehead atoms. The Bertz CT molecular complexity index is 740. The van der Waals surface area contributed by atoms with E-state index in [1.54, 1.807) is 0 Å². The first-order chi connectivity index (χ1) is 14.2. The molecule has 2 aromatic rings. The predicted octanol–water partition coefficient (Wildman–Crippen LogP) is 7.25. The number of carboxylic acid groups (broad SMARTS) is 1. The van der Waals surface area contributed by atoms with Crippen LogP contribution in [0.5, 0.6) is 5.75 Å². The zero-order chi connectivity index (χ0) is 20.7. The maximum atomic E-state index is 10.5. The van der Waals surface area contributed by atoms with Crippen molar-refractivity contribution in [2.24, 2.45) is 10.2 Å². The minimum Gasteiger partial charge on any atom is -0.494 e. The molecule has 0 aliphatic rings. The second kappa shape index (κ2) is 13.5. The van der Waals surface area contributed by atoms with Gasteiger partial charge in [0.2, 0.25) is 0 Å². The number of carbonyl (C=O) groups is 1. The summed E-state index contributed by atoms with van der Waals surface area (Å²) < 4.78 is 5.67. The van der Waals surface area contributed by atoms with Crippen molar-refractivity contribution in [1.82, 2.24) is 0 Å². The van der Waals surface area contributed by atoms with Crippen molar-refractivity contribution in [3.63, 3.8) is 0 Å². The summed E-state index contributed by atoms with van der Waals surface area (Å²) in [6, 6.07) is 15.8. The Hall–Kier alpha value is -2.69. The van der Waals surface area contributed by atoms with Gasteiger partial charge in [0.1, 0.15) is 5.75 Å². The molecule has 0 saturated carbocycles. The average molecular weight is 397 g/mol. The molecule has 0 saturated heterocycles. The Morgan fingerprint density at radius 2 is 1.45 bits per heavy atom. The molecular formula is C24H32N2O3. The molecule has 0 spiro atoms. The number of hydrogen-bond acceptors (Lipinski definition) is 4. The third-order valence-corrected chi connectivity index (χ3v) is 4.68. The van der Waals surface area contributed by atoms with E-state index in [1.165, 1.54) is 31.2 Å². The van der Waals surface area contributed by atoms with E-state index in [2.05, 4.69) is 29.3 Å². The van der Waals surface area contributed by atoms with Gasteiger partial charge in [-0.25, -0.2) is 0 Å². The quantitative estimate of drug-likeness (QED) is 0.270. The van der Waals surface area contributed by atoms with E-state index in [1.807, 2.05) is 36.4 Å². The maximum Gasteiger partial charge on any atom is 0.303 e. The minimum atomic E-state index is -0.742. The highest BCUT2D eigenvalue weighted by atomic mass is 16.5. The molecule has 0 radical (unpaired) electrons. The van der Waals surface area contributed by atoms with E-state index in [-0.39, 0.29) is 6.42 Å². The van der Waals surface area contributed by atoms with Crippen molar-refractivity contribution in [1.29, 1.82) is 0 Å². The smallest absolute Gasteiger partial charge is 0.303 e. The van der Waals surface area contributed by atoms with Gasteiger partial charge in [-0.15, -0.1) is 0 Å². The molecule has 29 heavy (non-hydrogen) atoms. The normalized spacial score (nSPS) is 11.1. The fourth-order valence-electron chi connectivity index (χ4n) is 2.95. The number of hydrogen-bond donors (Lipinski definition) is 1. The number of ether oxygens (including phenoxy) is 1. The zero-order valence-corrected chi connectivity index (χ0v) is 17.3. The van der Waals surface area contributed by atoms with Crippen LogP contribution < -0.4 is 4.74 Å². The molecule has 5 nitrogen and oxygen atoms in total. The summed E-state index contributed by atoms with van der Waals surface area (Å²) in [7, 11) is 0. The summed E-state index contributed by atoms with van der Waals surface area (Å²) in [6.45, 7) is 2.82. The molecule has 0 heterocycles. The summed E-state index contributed by atoms with van der Waals surface area (Å²) >= 11 is 0. The van der Waals surface area contributed by atoms with E-state index < -0.39 is 5.97 Å². The van der Waals surface area contributed by atoms with Crippen LogP contribution in [0.1, 0.15) is 63.9 Å². The fourth-order valence-corrected chi connectivity index (χ4v) is 2.95. The number of unbranched alkanes of at least 4 members (excludes halogenated alkanes) is 5. The summed E-state index contributed by atoms with van der Waals surface area (Å²) in [4.78, 5) is 10.5. The largest absolute Gasteiger partial charge is 0.494 e. The topological polar surface area (TPSA) is 71.2 Å².